The van der Waals surface area contributed by atoms with Gasteiger partial charge in [0.15, 0.2) is 0 Å². The molecular formula is C15H21N3O2. The molecule has 1 atom stereocenters. The largest absolute Gasteiger partial charge is 0.325 e. The number of amides is 3. The Morgan fingerprint density at radius 3 is 2.45 bits per heavy atom. The van der Waals surface area contributed by atoms with E-state index in [2.05, 4.69) is 5.32 Å². The van der Waals surface area contributed by atoms with Gasteiger partial charge in [-0.05, 0) is 38.8 Å². The molecule has 108 valence electrons. The van der Waals surface area contributed by atoms with Gasteiger partial charge in [0.05, 0.1) is 0 Å². The number of nitrogens with zero attached hydrogens (tertiary/aromatic N) is 1. The summed E-state index contributed by atoms with van der Waals surface area (Å²) in [4.78, 5) is 25.2. The van der Waals surface area contributed by atoms with Gasteiger partial charge in [0, 0.05) is 12.6 Å². The summed E-state index contributed by atoms with van der Waals surface area (Å²) in [5.74, 6) is -0.234. The molecule has 0 aliphatic carbocycles. The van der Waals surface area contributed by atoms with E-state index in [1.807, 2.05) is 32.0 Å². The van der Waals surface area contributed by atoms with E-state index in [0.717, 1.165) is 16.7 Å². The average Bonchev–Trinajstić information content (AvgIpc) is 2.51. The first-order valence-electron chi connectivity index (χ1n) is 6.69. The Balaban J connectivity index is 2.18. The first kappa shape index (κ1) is 14.5. The van der Waals surface area contributed by atoms with Gasteiger partial charge in [0.25, 0.3) is 5.91 Å². The lowest BCUT2D eigenvalue weighted by Gasteiger charge is -2.21. The van der Waals surface area contributed by atoms with Gasteiger partial charge in [-0.2, -0.15) is 0 Å². The van der Waals surface area contributed by atoms with Crippen molar-refractivity contribution >= 4 is 11.9 Å². The van der Waals surface area contributed by atoms with Crippen LogP contribution in [-0.4, -0.2) is 28.9 Å². The number of rotatable bonds is 3. The van der Waals surface area contributed by atoms with Gasteiger partial charge in [-0.3, -0.25) is 9.69 Å². The highest BCUT2D eigenvalue weighted by molar-refractivity contribution is 6.06. The number of benzene rings is 1. The van der Waals surface area contributed by atoms with Crippen molar-refractivity contribution in [1.29, 1.82) is 0 Å². The molecule has 1 aliphatic heterocycles. The van der Waals surface area contributed by atoms with Crippen LogP contribution in [0, 0.1) is 13.8 Å². The highest BCUT2D eigenvalue weighted by Gasteiger charge is 2.44. The molecule has 1 heterocycles. The highest BCUT2D eigenvalue weighted by Crippen LogP contribution is 2.22. The Morgan fingerprint density at radius 1 is 1.30 bits per heavy atom. The van der Waals surface area contributed by atoms with Gasteiger partial charge in [-0.1, -0.05) is 23.8 Å². The van der Waals surface area contributed by atoms with Crippen LogP contribution in [0.25, 0.3) is 0 Å². The Hall–Kier alpha value is -1.88. The van der Waals surface area contributed by atoms with Crippen LogP contribution in [0.1, 0.15) is 36.6 Å². The van der Waals surface area contributed by atoms with Crippen LogP contribution in [0.4, 0.5) is 4.79 Å². The van der Waals surface area contributed by atoms with E-state index in [4.69, 9.17) is 5.73 Å². The van der Waals surface area contributed by atoms with Gasteiger partial charge in [-0.15, -0.1) is 0 Å². The lowest BCUT2D eigenvalue weighted by molar-refractivity contribution is -0.130. The molecule has 0 radical (unpaired) electrons. The fourth-order valence-electron chi connectivity index (χ4n) is 2.52. The summed E-state index contributed by atoms with van der Waals surface area (Å²) < 4.78 is 0. The lowest BCUT2D eigenvalue weighted by atomic mass is 9.99. The van der Waals surface area contributed by atoms with Crippen LogP contribution in [0.3, 0.4) is 0 Å². The van der Waals surface area contributed by atoms with Gasteiger partial charge < -0.3 is 11.1 Å². The van der Waals surface area contributed by atoms with E-state index in [-0.39, 0.29) is 24.5 Å². The summed E-state index contributed by atoms with van der Waals surface area (Å²) in [5, 5.41) is 2.66. The van der Waals surface area contributed by atoms with Crippen LogP contribution >= 0.6 is 0 Å². The molecule has 5 heteroatoms. The maximum Gasteiger partial charge on any atom is 0.325 e. The number of urea groups is 1. The van der Waals surface area contributed by atoms with Crippen LogP contribution in [0.5, 0.6) is 0 Å². The summed E-state index contributed by atoms with van der Waals surface area (Å²) in [6.45, 7) is 7.57. The van der Waals surface area contributed by atoms with E-state index in [1.54, 1.807) is 13.8 Å². The number of carbonyl (C=O) groups is 2. The zero-order chi connectivity index (χ0) is 15.1. The van der Waals surface area contributed by atoms with Crippen LogP contribution in [0.2, 0.25) is 0 Å². The molecule has 5 nitrogen and oxygen atoms in total. The first-order valence-corrected chi connectivity index (χ1v) is 6.69. The van der Waals surface area contributed by atoms with E-state index in [1.165, 1.54) is 4.90 Å². The first-order chi connectivity index (χ1) is 9.22. The number of aryl methyl sites for hydroxylation is 2. The number of nitrogens with one attached hydrogen (secondary N) is 1. The van der Waals surface area contributed by atoms with Crippen molar-refractivity contribution in [3.8, 4) is 0 Å². The summed E-state index contributed by atoms with van der Waals surface area (Å²) in [7, 11) is 0. The second-order valence-electron chi connectivity index (χ2n) is 5.94. The number of nitrogens with two attached hydrogens (primary N) is 1. The van der Waals surface area contributed by atoms with Crippen LogP contribution in [-0.2, 0) is 4.79 Å². The average molecular weight is 275 g/mol. The van der Waals surface area contributed by atoms with Crippen molar-refractivity contribution in [2.24, 2.45) is 5.73 Å². The molecule has 3 N–H and O–H groups in total. The summed E-state index contributed by atoms with van der Waals surface area (Å²) in [6.07, 6.45) is 0. The van der Waals surface area contributed by atoms with E-state index >= 15 is 0 Å². The van der Waals surface area contributed by atoms with Gasteiger partial charge in [-0.25, -0.2) is 4.79 Å². The number of imide groups is 1. The van der Waals surface area contributed by atoms with Gasteiger partial charge >= 0.3 is 6.03 Å². The minimum Gasteiger partial charge on any atom is -0.324 e. The quantitative estimate of drug-likeness (QED) is 0.823. The van der Waals surface area contributed by atoms with Gasteiger partial charge in [0.1, 0.15) is 5.54 Å². The SMILES string of the molecule is Cc1ccc(C(N)CN2C(=O)NC(C)(C)C2=O)c(C)c1. The normalized spacial score (nSPS) is 19.1. The molecular weight excluding hydrogens is 254 g/mol. The Labute approximate surface area is 119 Å². The molecule has 20 heavy (non-hydrogen) atoms. The maximum atomic E-state index is 12.1. The maximum absolute atomic E-state index is 12.1. The third kappa shape index (κ3) is 2.54. The third-order valence-electron chi connectivity index (χ3n) is 3.65. The molecule has 0 bridgehead atoms. The molecule has 0 spiro atoms. The second-order valence-corrected chi connectivity index (χ2v) is 5.94. The zero-order valence-corrected chi connectivity index (χ0v) is 12.4. The minimum absolute atomic E-state index is 0.192. The monoisotopic (exact) mass is 275 g/mol. The molecule has 0 aromatic heterocycles. The van der Waals surface area contributed by atoms with Crippen molar-refractivity contribution in [3.63, 3.8) is 0 Å². The minimum atomic E-state index is -0.848. The van der Waals surface area contributed by atoms with Crippen LogP contribution in [0.15, 0.2) is 18.2 Å². The van der Waals surface area contributed by atoms with Crippen molar-refractivity contribution in [1.82, 2.24) is 10.2 Å². The number of carbonyl (C=O) groups excluding carboxylic acids is 2. The molecule has 1 fully saturated rings. The van der Waals surface area contributed by atoms with Gasteiger partial charge in [0.2, 0.25) is 0 Å². The molecule has 2 rings (SSSR count). The summed E-state index contributed by atoms with van der Waals surface area (Å²) in [6, 6.07) is 5.24. The molecule has 1 aromatic rings. The standard InChI is InChI=1S/C15H21N3O2/c1-9-5-6-11(10(2)7-9)12(16)8-18-13(19)15(3,4)17-14(18)20/h5-7,12H,8,16H2,1-4H3,(H,17,20). The van der Waals surface area contributed by atoms with Crippen molar-refractivity contribution < 1.29 is 9.59 Å². The highest BCUT2D eigenvalue weighted by atomic mass is 16.2. The molecule has 0 saturated carbocycles. The molecule has 1 unspecified atom stereocenters. The number of hydrogen-bond acceptors (Lipinski definition) is 3. The van der Waals surface area contributed by atoms with E-state index in [9.17, 15) is 9.59 Å². The van der Waals surface area contributed by atoms with Crippen molar-refractivity contribution in [2.75, 3.05) is 6.54 Å². The predicted octanol–water partition coefficient (Wildman–Crippen LogP) is 1.63. The molecule has 1 aromatic carbocycles. The molecule has 3 amide bonds. The smallest absolute Gasteiger partial charge is 0.324 e. The zero-order valence-electron chi connectivity index (χ0n) is 12.4. The van der Waals surface area contributed by atoms with Crippen molar-refractivity contribution in [2.45, 2.75) is 39.3 Å². The topological polar surface area (TPSA) is 75.4 Å². The van der Waals surface area contributed by atoms with Crippen molar-refractivity contribution in [3.05, 3.63) is 34.9 Å². The van der Waals surface area contributed by atoms with E-state index in [0.29, 0.717) is 0 Å². The fraction of sp³-hybridized carbons (Fsp3) is 0.467. The lowest BCUT2D eigenvalue weighted by Crippen LogP contribution is -2.41. The predicted molar refractivity (Wildman–Crippen MR) is 77.2 cm³/mol. The fourth-order valence-corrected chi connectivity index (χ4v) is 2.52. The molecule has 1 aliphatic rings. The third-order valence-corrected chi connectivity index (χ3v) is 3.65. The van der Waals surface area contributed by atoms with Crippen LogP contribution < -0.4 is 11.1 Å². The number of hydrogen-bond donors (Lipinski definition) is 2. The Morgan fingerprint density at radius 2 is 1.95 bits per heavy atom. The second kappa shape index (κ2) is 4.90. The summed E-state index contributed by atoms with van der Waals surface area (Å²) >= 11 is 0. The van der Waals surface area contributed by atoms with E-state index < -0.39 is 5.54 Å². The summed E-state index contributed by atoms with van der Waals surface area (Å²) in [5.41, 5.74) is 8.51. The Bertz CT molecular complexity index is 566. The Kier molecular flexibility index (Phi) is 3.56. The molecule has 1 saturated heterocycles.